The minimum absolute atomic E-state index is 0.454. The highest BCUT2D eigenvalue weighted by atomic mass is 32.2. The highest BCUT2D eigenvalue weighted by Crippen LogP contribution is 2.17. The number of urea groups is 1. The first kappa shape index (κ1) is 15.2. The van der Waals surface area contributed by atoms with Crippen molar-refractivity contribution in [1.82, 2.24) is 15.1 Å². The number of amides is 2. The van der Waals surface area contributed by atoms with Crippen LogP contribution >= 0.6 is 0 Å². The van der Waals surface area contributed by atoms with Crippen LogP contribution in [0.4, 0.5) is 23.8 Å². The molecule has 0 spiro atoms. The maximum Gasteiger partial charge on any atom is 0.405 e. The van der Waals surface area contributed by atoms with Gasteiger partial charge in [0.15, 0.2) is 5.82 Å². The minimum atomic E-state index is -4.58. The van der Waals surface area contributed by atoms with Crippen LogP contribution in [0.25, 0.3) is 0 Å². The van der Waals surface area contributed by atoms with Crippen LogP contribution in [0.15, 0.2) is 11.1 Å². The lowest BCUT2D eigenvalue weighted by molar-refractivity contribution is -0.122. The van der Waals surface area contributed by atoms with Gasteiger partial charge in [-0.05, 0) is 0 Å². The number of carbonyl (C=O) groups is 1. The normalized spacial score (nSPS) is 12.3. The van der Waals surface area contributed by atoms with Gasteiger partial charge in [-0.15, -0.1) is 0 Å². The lowest BCUT2D eigenvalue weighted by Crippen LogP contribution is -2.37. The number of aromatic nitrogens is 2. The summed E-state index contributed by atoms with van der Waals surface area (Å²) < 4.78 is 58.9. The number of nitrogens with one attached hydrogen (secondary N) is 2. The Morgan fingerprint density at radius 1 is 1.53 bits per heavy atom. The fraction of sp³-hybridized carbons (Fsp3) is 0.429. The van der Waals surface area contributed by atoms with Gasteiger partial charge in [0.2, 0.25) is 10.0 Å². The summed E-state index contributed by atoms with van der Waals surface area (Å²) >= 11 is 0. The molecular formula is C7H10F3N5O3S. The van der Waals surface area contributed by atoms with E-state index in [9.17, 15) is 26.4 Å². The molecule has 0 aliphatic rings. The minimum Gasteiger partial charge on any atom is -0.329 e. The number of carbonyl (C=O) groups excluding carboxylic acids is 1. The number of nitrogens with zero attached hydrogens (tertiary/aromatic N) is 2. The second kappa shape index (κ2) is 5.05. The smallest absolute Gasteiger partial charge is 0.329 e. The van der Waals surface area contributed by atoms with Crippen molar-refractivity contribution in [2.75, 3.05) is 11.9 Å². The van der Waals surface area contributed by atoms with Crippen molar-refractivity contribution < 1.29 is 26.4 Å². The molecule has 8 nitrogen and oxygen atoms in total. The molecule has 0 bridgehead atoms. The highest BCUT2D eigenvalue weighted by molar-refractivity contribution is 7.89. The van der Waals surface area contributed by atoms with Crippen LogP contribution in [-0.4, -0.2) is 37.0 Å². The molecule has 1 aromatic heterocycles. The fourth-order valence-electron chi connectivity index (χ4n) is 1.09. The van der Waals surface area contributed by atoms with Gasteiger partial charge in [-0.3, -0.25) is 10.00 Å². The molecule has 12 heteroatoms. The molecule has 0 aliphatic heterocycles. The lowest BCUT2D eigenvalue weighted by Gasteiger charge is -2.08. The molecule has 0 saturated heterocycles. The van der Waals surface area contributed by atoms with Crippen LogP contribution < -0.4 is 15.8 Å². The third-order valence-corrected chi connectivity index (χ3v) is 2.69. The van der Waals surface area contributed by atoms with Crippen LogP contribution in [0.3, 0.4) is 0 Å². The van der Waals surface area contributed by atoms with E-state index in [1.807, 2.05) is 5.32 Å². The van der Waals surface area contributed by atoms with Crippen molar-refractivity contribution in [1.29, 1.82) is 0 Å². The molecule has 1 aromatic rings. The Morgan fingerprint density at radius 3 is 2.58 bits per heavy atom. The van der Waals surface area contributed by atoms with E-state index in [0.717, 1.165) is 10.9 Å². The third kappa shape index (κ3) is 4.75. The van der Waals surface area contributed by atoms with E-state index >= 15 is 0 Å². The van der Waals surface area contributed by atoms with Crippen molar-refractivity contribution in [2.24, 2.45) is 12.2 Å². The van der Waals surface area contributed by atoms with E-state index in [4.69, 9.17) is 5.14 Å². The Kier molecular flexibility index (Phi) is 4.05. The number of rotatable bonds is 3. The van der Waals surface area contributed by atoms with Gasteiger partial charge >= 0.3 is 12.2 Å². The Balaban J connectivity index is 2.81. The predicted molar refractivity (Wildman–Crippen MR) is 57.7 cm³/mol. The monoisotopic (exact) mass is 301 g/mol. The van der Waals surface area contributed by atoms with Crippen molar-refractivity contribution in [3.63, 3.8) is 0 Å². The molecule has 0 unspecified atom stereocenters. The van der Waals surface area contributed by atoms with Crippen molar-refractivity contribution >= 4 is 21.9 Å². The van der Waals surface area contributed by atoms with E-state index in [0.29, 0.717) is 0 Å². The summed E-state index contributed by atoms with van der Waals surface area (Å²) in [6.07, 6.45) is -3.57. The molecule has 1 rings (SSSR count). The first-order chi connectivity index (χ1) is 8.49. The average Bonchev–Trinajstić information content (AvgIpc) is 2.55. The van der Waals surface area contributed by atoms with Crippen LogP contribution in [-0.2, 0) is 17.1 Å². The van der Waals surface area contributed by atoms with Gasteiger partial charge in [0.1, 0.15) is 11.4 Å². The van der Waals surface area contributed by atoms with E-state index < -0.39 is 39.5 Å². The van der Waals surface area contributed by atoms with Crippen LogP contribution in [0.1, 0.15) is 0 Å². The zero-order valence-corrected chi connectivity index (χ0v) is 10.3. The number of anilines is 1. The number of alkyl halides is 3. The number of hydrogen-bond donors (Lipinski definition) is 3. The van der Waals surface area contributed by atoms with E-state index in [1.165, 1.54) is 12.4 Å². The van der Waals surface area contributed by atoms with E-state index in [-0.39, 0.29) is 0 Å². The third-order valence-electron chi connectivity index (χ3n) is 1.78. The van der Waals surface area contributed by atoms with Crippen LogP contribution in [0.5, 0.6) is 0 Å². The molecular weight excluding hydrogens is 291 g/mol. The number of halogens is 3. The van der Waals surface area contributed by atoms with E-state index in [1.54, 1.807) is 0 Å². The first-order valence-electron chi connectivity index (χ1n) is 4.67. The molecule has 1 heterocycles. The molecule has 0 saturated carbocycles. The van der Waals surface area contributed by atoms with Gasteiger partial charge in [-0.25, -0.2) is 18.4 Å². The number of nitrogens with two attached hydrogens (primary N) is 1. The van der Waals surface area contributed by atoms with E-state index in [2.05, 4.69) is 5.10 Å². The molecule has 108 valence electrons. The van der Waals surface area contributed by atoms with Crippen molar-refractivity contribution in [3.8, 4) is 0 Å². The number of hydrogen-bond acceptors (Lipinski definition) is 4. The summed E-state index contributed by atoms with van der Waals surface area (Å²) in [6.45, 7) is -1.56. The average molecular weight is 301 g/mol. The number of primary sulfonamides is 1. The zero-order chi connectivity index (χ0) is 14.8. The summed E-state index contributed by atoms with van der Waals surface area (Å²) in [6, 6.07) is -1.25. The largest absolute Gasteiger partial charge is 0.405 e. The Hall–Kier alpha value is -1.82. The lowest BCUT2D eigenvalue weighted by atomic mass is 10.6. The summed E-state index contributed by atoms with van der Waals surface area (Å²) in [5, 5.41) is 11.8. The van der Waals surface area contributed by atoms with Gasteiger partial charge in [0, 0.05) is 13.2 Å². The summed E-state index contributed by atoms with van der Waals surface area (Å²) in [4.78, 5) is 10.6. The Bertz CT molecular complexity index is 579. The molecule has 0 fully saturated rings. The predicted octanol–water partition coefficient (Wildman–Crippen LogP) is -0.249. The summed E-state index contributed by atoms with van der Waals surface area (Å²) in [5.41, 5.74) is 0. The molecule has 0 radical (unpaired) electrons. The fourth-order valence-corrected chi connectivity index (χ4v) is 1.75. The quantitative estimate of drug-likeness (QED) is 0.713. The highest BCUT2D eigenvalue weighted by Gasteiger charge is 2.28. The van der Waals surface area contributed by atoms with Crippen molar-refractivity contribution in [2.45, 2.75) is 11.1 Å². The van der Waals surface area contributed by atoms with Gasteiger partial charge in [-0.1, -0.05) is 0 Å². The molecule has 19 heavy (non-hydrogen) atoms. The Labute approximate surface area is 105 Å². The summed E-state index contributed by atoms with van der Waals surface area (Å²) in [5.74, 6) is -0.454. The SMILES string of the molecule is Cn1cc(S(N)(=O)=O)c(NC(=O)NCC(F)(F)F)n1. The maximum atomic E-state index is 11.8. The van der Waals surface area contributed by atoms with Gasteiger partial charge < -0.3 is 5.32 Å². The van der Waals surface area contributed by atoms with Gasteiger partial charge in [0.05, 0.1) is 0 Å². The second-order valence-electron chi connectivity index (χ2n) is 3.48. The zero-order valence-electron chi connectivity index (χ0n) is 9.52. The molecule has 2 amide bonds. The van der Waals surface area contributed by atoms with Crippen molar-refractivity contribution in [3.05, 3.63) is 6.20 Å². The van der Waals surface area contributed by atoms with Gasteiger partial charge in [-0.2, -0.15) is 18.3 Å². The van der Waals surface area contributed by atoms with Crippen LogP contribution in [0, 0.1) is 0 Å². The number of sulfonamides is 1. The molecule has 0 atom stereocenters. The number of aryl methyl sites for hydroxylation is 1. The van der Waals surface area contributed by atoms with Gasteiger partial charge in [0.25, 0.3) is 0 Å². The second-order valence-corrected chi connectivity index (χ2v) is 5.01. The molecule has 0 aliphatic carbocycles. The maximum absolute atomic E-state index is 11.8. The Morgan fingerprint density at radius 2 is 2.11 bits per heavy atom. The first-order valence-corrected chi connectivity index (χ1v) is 6.22. The topological polar surface area (TPSA) is 119 Å². The standard InChI is InChI=1S/C7H10F3N5O3S/c1-15-2-4(19(11,17)18)5(14-15)13-6(16)12-3-7(8,9)10/h2H,3H2,1H3,(H2,11,17,18)(H2,12,13,14,16). The molecule has 4 N–H and O–H groups in total. The van der Waals surface area contributed by atoms with Crippen LogP contribution in [0.2, 0.25) is 0 Å². The summed E-state index contributed by atoms with van der Waals surface area (Å²) in [7, 11) is -2.80. The molecule has 0 aromatic carbocycles.